The average Bonchev–Trinajstić information content (AvgIpc) is 2.16. The Morgan fingerprint density at radius 1 is 1.47 bits per heavy atom. The van der Waals surface area contributed by atoms with Crippen molar-refractivity contribution < 1.29 is 4.79 Å². The summed E-state index contributed by atoms with van der Waals surface area (Å²) >= 11 is 0. The van der Waals surface area contributed by atoms with Crippen LogP contribution in [0.3, 0.4) is 0 Å². The minimum absolute atomic E-state index is 0.102. The molecule has 0 aliphatic rings. The molecule has 0 atom stereocenters. The Labute approximate surface area is 90.9 Å². The standard InChI is InChI=1S/C12H18N2O/c1-9(2)6-12(15)14-8-11-5-4-10(3)13-7-11/h4-5,7,9H,6,8H2,1-3H3,(H,14,15). The van der Waals surface area contributed by atoms with Crippen LogP contribution in [-0.4, -0.2) is 10.9 Å². The van der Waals surface area contributed by atoms with Crippen molar-refractivity contribution in [3.8, 4) is 0 Å². The first-order valence-electron chi connectivity index (χ1n) is 5.26. The average molecular weight is 206 g/mol. The maximum Gasteiger partial charge on any atom is 0.220 e. The number of aromatic nitrogens is 1. The Balaban J connectivity index is 2.37. The molecule has 3 heteroatoms. The summed E-state index contributed by atoms with van der Waals surface area (Å²) in [6.45, 7) is 6.58. The number of pyridine rings is 1. The molecule has 0 spiro atoms. The Kier molecular flexibility index (Phi) is 4.28. The highest BCUT2D eigenvalue weighted by Crippen LogP contribution is 2.01. The zero-order valence-electron chi connectivity index (χ0n) is 9.58. The van der Waals surface area contributed by atoms with Crippen LogP contribution in [0.25, 0.3) is 0 Å². The minimum atomic E-state index is 0.102. The summed E-state index contributed by atoms with van der Waals surface area (Å²) in [6.07, 6.45) is 2.38. The maximum absolute atomic E-state index is 11.4. The first kappa shape index (κ1) is 11.7. The summed E-state index contributed by atoms with van der Waals surface area (Å²) in [5.74, 6) is 0.506. The van der Waals surface area contributed by atoms with E-state index in [0.29, 0.717) is 18.9 Å². The highest BCUT2D eigenvalue weighted by molar-refractivity contribution is 5.76. The smallest absolute Gasteiger partial charge is 0.220 e. The molecule has 0 bridgehead atoms. The predicted octanol–water partition coefficient (Wildman–Crippen LogP) is 2.05. The molecule has 1 aromatic rings. The number of aryl methyl sites for hydroxylation is 1. The molecule has 0 saturated heterocycles. The topological polar surface area (TPSA) is 42.0 Å². The molecular weight excluding hydrogens is 188 g/mol. The van der Waals surface area contributed by atoms with Gasteiger partial charge in [-0.25, -0.2) is 0 Å². The first-order chi connectivity index (χ1) is 7.08. The van der Waals surface area contributed by atoms with Crippen molar-refractivity contribution in [2.45, 2.75) is 33.7 Å². The van der Waals surface area contributed by atoms with Gasteiger partial charge in [0.2, 0.25) is 5.91 Å². The second kappa shape index (κ2) is 5.49. The number of carbonyl (C=O) groups excluding carboxylic acids is 1. The van der Waals surface area contributed by atoms with Crippen LogP contribution in [-0.2, 0) is 11.3 Å². The number of carbonyl (C=O) groups is 1. The van der Waals surface area contributed by atoms with Gasteiger partial charge < -0.3 is 5.32 Å². The highest BCUT2D eigenvalue weighted by Gasteiger charge is 2.03. The van der Waals surface area contributed by atoms with Gasteiger partial charge >= 0.3 is 0 Å². The SMILES string of the molecule is Cc1ccc(CNC(=O)CC(C)C)cn1. The third kappa shape index (κ3) is 4.58. The molecule has 1 N–H and O–H groups in total. The molecule has 0 aromatic carbocycles. The third-order valence-corrected chi connectivity index (χ3v) is 2.06. The van der Waals surface area contributed by atoms with Crippen molar-refractivity contribution in [3.05, 3.63) is 29.6 Å². The zero-order chi connectivity index (χ0) is 11.3. The lowest BCUT2D eigenvalue weighted by molar-refractivity contribution is -0.121. The van der Waals surface area contributed by atoms with Crippen LogP contribution in [0.5, 0.6) is 0 Å². The largest absolute Gasteiger partial charge is 0.352 e. The minimum Gasteiger partial charge on any atom is -0.352 e. The number of nitrogens with one attached hydrogen (secondary N) is 1. The van der Waals surface area contributed by atoms with Gasteiger partial charge in [0.15, 0.2) is 0 Å². The van der Waals surface area contributed by atoms with E-state index in [-0.39, 0.29) is 5.91 Å². The van der Waals surface area contributed by atoms with Crippen molar-refractivity contribution in [2.75, 3.05) is 0 Å². The molecule has 1 rings (SSSR count). The van der Waals surface area contributed by atoms with Gasteiger partial charge in [-0.2, -0.15) is 0 Å². The van der Waals surface area contributed by atoms with E-state index in [0.717, 1.165) is 11.3 Å². The molecule has 3 nitrogen and oxygen atoms in total. The summed E-state index contributed by atoms with van der Waals surface area (Å²) in [5.41, 5.74) is 2.03. The lowest BCUT2D eigenvalue weighted by Crippen LogP contribution is -2.23. The molecule has 1 heterocycles. The van der Waals surface area contributed by atoms with Crippen molar-refractivity contribution in [3.63, 3.8) is 0 Å². The molecule has 0 saturated carbocycles. The van der Waals surface area contributed by atoms with Gasteiger partial charge in [0, 0.05) is 24.9 Å². The molecule has 0 radical (unpaired) electrons. The van der Waals surface area contributed by atoms with Crippen LogP contribution in [0.15, 0.2) is 18.3 Å². The molecule has 15 heavy (non-hydrogen) atoms. The molecule has 1 aromatic heterocycles. The maximum atomic E-state index is 11.4. The normalized spacial score (nSPS) is 10.4. The number of amides is 1. The monoisotopic (exact) mass is 206 g/mol. The quantitative estimate of drug-likeness (QED) is 0.819. The van der Waals surface area contributed by atoms with Crippen LogP contribution < -0.4 is 5.32 Å². The van der Waals surface area contributed by atoms with Gasteiger partial charge in [-0.15, -0.1) is 0 Å². The lowest BCUT2D eigenvalue weighted by Gasteiger charge is -2.06. The van der Waals surface area contributed by atoms with E-state index in [9.17, 15) is 4.79 Å². The molecule has 0 aliphatic heterocycles. The predicted molar refractivity (Wildman–Crippen MR) is 60.3 cm³/mol. The van der Waals surface area contributed by atoms with Gasteiger partial charge in [-0.05, 0) is 24.5 Å². The Hall–Kier alpha value is -1.38. The van der Waals surface area contributed by atoms with Crippen LogP contribution in [0, 0.1) is 12.8 Å². The van der Waals surface area contributed by atoms with Crippen LogP contribution in [0.2, 0.25) is 0 Å². The van der Waals surface area contributed by atoms with Crippen molar-refractivity contribution in [2.24, 2.45) is 5.92 Å². The van der Waals surface area contributed by atoms with Crippen LogP contribution in [0.4, 0.5) is 0 Å². The van der Waals surface area contributed by atoms with E-state index in [1.54, 1.807) is 6.20 Å². The molecular formula is C12H18N2O. The number of hydrogen-bond acceptors (Lipinski definition) is 2. The second-order valence-corrected chi connectivity index (χ2v) is 4.18. The summed E-state index contributed by atoms with van der Waals surface area (Å²) in [7, 11) is 0. The van der Waals surface area contributed by atoms with Crippen LogP contribution in [0.1, 0.15) is 31.5 Å². The Morgan fingerprint density at radius 2 is 2.20 bits per heavy atom. The Bertz CT molecular complexity index is 317. The number of rotatable bonds is 4. The summed E-state index contributed by atoms with van der Waals surface area (Å²) < 4.78 is 0. The second-order valence-electron chi connectivity index (χ2n) is 4.18. The van der Waals surface area contributed by atoms with E-state index in [2.05, 4.69) is 10.3 Å². The van der Waals surface area contributed by atoms with Gasteiger partial charge in [-0.1, -0.05) is 19.9 Å². The van der Waals surface area contributed by atoms with E-state index >= 15 is 0 Å². The fourth-order valence-corrected chi connectivity index (χ4v) is 1.25. The van der Waals surface area contributed by atoms with E-state index in [4.69, 9.17) is 0 Å². The Morgan fingerprint density at radius 3 is 2.73 bits per heavy atom. The van der Waals surface area contributed by atoms with E-state index < -0.39 is 0 Å². The van der Waals surface area contributed by atoms with Crippen molar-refractivity contribution in [1.29, 1.82) is 0 Å². The fourth-order valence-electron chi connectivity index (χ4n) is 1.25. The molecule has 0 unspecified atom stereocenters. The molecule has 0 fully saturated rings. The number of nitrogens with zero attached hydrogens (tertiary/aromatic N) is 1. The van der Waals surface area contributed by atoms with Gasteiger partial charge in [0.1, 0.15) is 0 Å². The fraction of sp³-hybridized carbons (Fsp3) is 0.500. The van der Waals surface area contributed by atoms with E-state index in [1.807, 2.05) is 32.9 Å². The summed E-state index contributed by atoms with van der Waals surface area (Å²) in [4.78, 5) is 15.5. The summed E-state index contributed by atoms with van der Waals surface area (Å²) in [5, 5.41) is 2.87. The van der Waals surface area contributed by atoms with Crippen molar-refractivity contribution >= 4 is 5.91 Å². The molecule has 82 valence electrons. The highest BCUT2D eigenvalue weighted by atomic mass is 16.1. The van der Waals surface area contributed by atoms with Gasteiger partial charge in [-0.3, -0.25) is 9.78 Å². The first-order valence-corrected chi connectivity index (χ1v) is 5.26. The zero-order valence-corrected chi connectivity index (χ0v) is 9.58. The number of hydrogen-bond donors (Lipinski definition) is 1. The summed E-state index contributed by atoms with van der Waals surface area (Å²) in [6, 6.07) is 3.93. The van der Waals surface area contributed by atoms with E-state index in [1.165, 1.54) is 0 Å². The van der Waals surface area contributed by atoms with Gasteiger partial charge in [0.25, 0.3) is 0 Å². The molecule has 1 amide bonds. The van der Waals surface area contributed by atoms with Crippen molar-refractivity contribution in [1.82, 2.24) is 10.3 Å². The molecule has 0 aliphatic carbocycles. The lowest BCUT2D eigenvalue weighted by atomic mass is 10.1. The van der Waals surface area contributed by atoms with Gasteiger partial charge in [0.05, 0.1) is 0 Å². The van der Waals surface area contributed by atoms with Crippen LogP contribution >= 0.6 is 0 Å². The third-order valence-electron chi connectivity index (χ3n) is 2.06.